The van der Waals surface area contributed by atoms with Crippen LogP contribution < -0.4 is 23.9 Å². The number of ether oxygens (including phenoxy) is 3. The molecule has 4 aromatic carbocycles. The number of fused-ring (bicyclic) bond motifs is 1. The fourth-order valence-corrected chi connectivity index (χ4v) is 5.54. The topological polar surface area (TPSA) is 107 Å². The lowest BCUT2D eigenvalue weighted by molar-refractivity contribution is -0.119. The van der Waals surface area contributed by atoms with Gasteiger partial charge in [0.25, 0.3) is 15.9 Å². The summed E-state index contributed by atoms with van der Waals surface area (Å²) in [4.78, 5) is 12.7. The Morgan fingerprint density at radius 2 is 1.64 bits per heavy atom. The lowest BCUT2D eigenvalue weighted by Gasteiger charge is -2.25. The average Bonchev–Trinajstić information content (AvgIpc) is 3.00. The number of nitrogens with zero attached hydrogens (tertiary/aromatic N) is 2. The van der Waals surface area contributed by atoms with Crippen LogP contribution in [0.1, 0.15) is 11.1 Å². The van der Waals surface area contributed by atoms with Gasteiger partial charge in [0.15, 0.2) is 11.5 Å². The number of amides is 1. The third kappa shape index (κ3) is 7.17. The number of benzene rings is 4. The largest absolute Gasteiger partial charge is 0.489 e. The van der Waals surface area contributed by atoms with Crippen LogP contribution in [0.5, 0.6) is 17.2 Å². The van der Waals surface area contributed by atoms with Crippen LogP contribution in [-0.2, 0) is 21.4 Å². The van der Waals surface area contributed by atoms with E-state index in [1.165, 1.54) is 36.5 Å². The third-order valence-corrected chi connectivity index (χ3v) is 8.13. The zero-order chi connectivity index (χ0) is 29.5. The standard InChI is InChI=1S/C30H25ClFN3O6S/c31-23-5-1-22(2-6-23)20-41-26-11-3-21(4-12-26)18-33-34-30(36)19-35(25-9-7-24(32)8-10-25)42(37,38)27-13-14-28-29(17-27)40-16-15-39-28/h1-14,17-18H,15-16,19-20H2,(H,34,36)/b33-18-. The highest BCUT2D eigenvalue weighted by Gasteiger charge is 2.29. The minimum absolute atomic E-state index is 0.0969. The molecule has 1 N–H and O–H groups in total. The molecule has 1 aliphatic rings. The minimum atomic E-state index is -4.26. The monoisotopic (exact) mass is 609 g/mol. The summed E-state index contributed by atoms with van der Waals surface area (Å²) < 4.78 is 58.5. The zero-order valence-electron chi connectivity index (χ0n) is 22.1. The molecular weight excluding hydrogens is 585 g/mol. The summed E-state index contributed by atoms with van der Waals surface area (Å²) in [7, 11) is -4.26. The Bertz CT molecular complexity index is 1680. The molecule has 0 saturated heterocycles. The highest BCUT2D eigenvalue weighted by molar-refractivity contribution is 7.92. The molecule has 0 unspecified atom stereocenters. The molecule has 0 spiro atoms. The molecule has 42 heavy (non-hydrogen) atoms. The maximum Gasteiger partial charge on any atom is 0.264 e. The average molecular weight is 610 g/mol. The van der Waals surface area contributed by atoms with Crippen LogP contribution in [0.15, 0.2) is 101 Å². The Morgan fingerprint density at radius 3 is 2.36 bits per heavy atom. The van der Waals surface area contributed by atoms with Gasteiger partial charge >= 0.3 is 0 Å². The van der Waals surface area contributed by atoms with Crippen molar-refractivity contribution in [3.05, 3.63) is 113 Å². The SMILES string of the molecule is O=C(CN(c1ccc(F)cc1)S(=O)(=O)c1ccc2c(c1)OCCO2)N/N=C\c1ccc(OCc2ccc(Cl)cc2)cc1. The Kier molecular flexibility index (Phi) is 8.89. The molecule has 1 aliphatic heterocycles. The fourth-order valence-electron chi connectivity index (χ4n) is 3.98. The van der Waals surface area contributed by atoms with Gasteiger partial charge in [-0.15, -0.1) is 0 Å². The van der Waals surface area contributed by atoms with Gasteiger partial charge in [-0.05, 0) is 83.9 Å². The molecule has 1 heterocycles. The third-order valence-electron chi connectivity index (χ3n) is 6.11. The van der Waals surface area contributed by atoms with Gasteiger partial charge in [-0.25, -0.2) is 18.2 Å². The summed E-state index contributed by atoms with van der Waals surface area (Å²) in [5.74, 6) is 0.0782. The van der Waals surface area contributed by atoms with Crippen molar-refractivity contribution >= 4 is 39.4 Å². The van der Waals surface area contributed by atoms with Crippen molar-refractivity contribution in [3.63, 3.8) is 0 Å². The van der Waals surface area contributed by atoms with E-state index in [2.05, 4.69) is 10.5 Å². The van der Waals surface area contributed by atoms with Crippen molar-refractivity contribution in [2.45, 2.75) is 11.5 Å². The molecule has 9 nitrogen and oxygen atoms in total. The molecule has 0 aromatic heterocycles. The fraction of sp³-hybridized carbons (Fsp3) is 0.133. The normalized spacial score (nSPS) is 12.6. The molecule has 216 valence electrons. The Balaban J connectivity index is 1.24. The van der Waals surface area contributed by atoms with E-state index in [0.717, 1.165) is 22.0 Å². The van der Waals surface area contributed by atoms with Crippen LogP contribution in [0, 0.1) is 5.82 Å². The van der Waals surface area contributed by atoms with Gasteiger partial charge in [-0.1, -0.05) is 23.7 Å². The second kappa shape index (κ2) is 12.9. The summed E-state index contributed by atoms with van der Waals surface area (Å²) in [5, 5.41) is 4.60. The van der Waals surface area contributed by atoms with Crippen LogP contribution in [0.2, 0.25) is 5.02 Å². The van der Waals surface area contributed by atoms with E-state index >= 15 is 0 Å². The van der Waals surface area contributed by atoms with Crippen molar-refractivity contribution in [3.8, 4) is 17.2 Å². The van der Waals surface area contributed by atoms with E-state index in [9.17, 15) is 17.6 Å². The summed E-state index contributed by atoms with van der Waals surface area (Å²) in [6, 6.07) is 23.3. The molecule has 0 atom stereocenters. The first kappa shape index (κ1) is 28.9. The van der Waals surface area contributed by atoms with Gasteiger partial charge in [0, 0.05) is 11.1 Å². The molecule has 12 heteroatoms. The zero-order valence-corrected chi connectivity index (χ0v) is 23.6. The highest BCUT2D eigenvalue weighted by Crippen LogP contribution is 2.34. The van der Waals surface area contributed by atoms with Gasteiger partial charge in [-0.3, -0.25) is 9.10 Å². The predicted molar refractivity (Wildman–Crippen MR) is 156 cm³/mol. The summed E-state index contributed by atoms with van der Waals surface area (Å²) in [6.45, 7) is 0.388. The quantitative estimate of drug-likeness (QED) is 0.196. The van der Waals surface area contributed by atoms with Crippen molar-refractivity contribution in [1.82, 2.24) is 5.43 Å². The molecule has 0 radical (unpaired) electrons. The molecule has 1 amide bonds. The summed E-state index contributed by atoms with van der Waals surface area (Å²) in [5.41, 5.74) is 4.09. The molecule has 4 aromatic rings. The summed E-state index contributed by atoms with van der Waals surface area (Å²) in [6.07, 6.45) is 1.42. The number of carbonyl (C=O) groups is 1. The number of halogens is 2. The van der Waals surface area contributed by atoms with Crippen molar-refractivity contribution < 1.29 is 31.8 Å². The van der Waals surface area contributed by atoms with Crippen molar-refractivity contribution in [2.75, 3.05) is 24.1 Å². The van der Waals surface area contributed by atoms with Gasteiger partial charge < -0.3 is 14.2 Å². The summed E-state index contributed by atoms with van der Waals surface area (Å²) >= 11 is 5.90. The Morgan fingerprint density at radius 1 is 0.952 bits per heavy atom. The van der Waals surface area contributed by atoms with Gasteiger partial charge in [0.2, 0.25) is 0 Å². The van der Waals surface area contributed by atoms with Crippen LogP contribution in [0.25, 0.3) is 0 Å². The van der Waals surface area contributed by atoms with E-state index in [-0.39, 0.29) is 22.9 Å². The minimum Gasteiger partial charge on any atom is -0.489 e. The first-order valence-corrected chi connectivity index (χ1v) is 14.6. The second-order valence-electron chi connectivity index (χ2n) is 9.07. The molecular formula is C30H25ClFN3O6S. The van der Waals surface area contributed by atoms with Crippen molar-refractivity contribution in [1.29, 1.82) is 0 Å². The molecule has 0 bridgehead atoms. The van der Waals surface area contributed by atoms with Crippen LogP contribution in [0.3, 0.4) is 0 Å². The lowest BCUT2D eigenvalue weighted by Crippen LogP contribution is -2.39. The molecule has 0 aliphatic carbocycles. The number of hydrogen-bond acceptors (Lipinski definition) is 7. The Hall–Kier alpha value is -4.61. The molecule has 5 rings (SSSR count). The first-order valence-electron chi connectivity index (χ1n) is 12.8. The first-order chi connectivity index (χ1) is 20.3. The van der Waals surface area contributed by atoms with Gasteiger partial charge in [0.1, 0.15) is 37.9 Å². The highest BCUT2D eigenvalue weighted by atomic mass is 35.5. The lowest BCUT2D eigenvalue weighted by atomic mass is 10.2. The van der Waals surface area contributed by atoms with E-state index in [0.29, 0.717) is 35.3 Å². The van der Waals surface area contributed by atoms with Gasteiger partial charge in [0.05, 0.1) is 16.8 Å². The Labute approximate surface area is 247 Å². The van der Waals surface area contributed by atoms with E-state index in [1.807, 2.05) is 12.1 Å². The number of nitrogens with one attached hydrogen (secondary N) is 1. The number of sulfonamides is 1. The number of rotatable bonds is 10. The van der Waals surface area contributed by atoms with Crippen LogP contribution >= 0.6 is 11.6 Å². The van der Waals surface area contributed by atoms with E-state index < -0.39 is 28.3 Å². The predicted octanol–water partition coefficient (Wildman–Crippen LogP) is 5.17. The smallest absolute Gasteiger partial charge is 0.264 e. The second-order valence-corrected chi connectivity index (χ2v) is 11.4. The number of hydrogen-bond donors (Lipinski definition) is 1. The van der Waals surface area contributed by atoms with Crippen molar-refractivity contribution in [2.24, 2.45) is 5.10 Å². The maximum atomic E-state index is 13.6. The van der Waals surface area contributed by atoms with Crippen LogP contribution in [-0.4, -0.2) is 40.3 Å². The van der Waals surface area contributed by atoms with Gasteiger partial charge in [-0.2, -0.15) is 5.10 Å². The molecule has 0 fully saturated rings. The number of hydrazone groups is 1. The number of carbonyl (C=O) groups excluding carboxylic acids is 1. The maximum absolute atomic E-state index is 13.6. The number of anilines is 1. The van der Waals surface area contributed by atoms with E-state index in [1.54, 1.807) is 36.4 Å². The van der Waals surface area contributed by atoms with E-state index in [4.69, 9.17) is 25.8 Å². The van der Waals surface area contributed by atoms with Crippen LogP contribution in [0.4, 0.5) is 10.1 Å². The molecule has 0 saturated carbocycles.